The predicted octanol–water partition coefficient (Wildman–Crippen LogP) is 4.53. The molecule has 5 nitrogen and oxygen atoms in total. The fourth-order valence-electron chi connectivity index (χ4n) is 2.93. The second kappa shape index (κ2) is 6.88. The summed E-state index contributed by atoms with van der Waals surface area (Å²) in [6.07, 6.45) is 3.37. The number of benzene rings is 2. The number of nitrogens with zero attached hydrogens (tertiary/aromatic N) is 1. The van der Waals surface area contributed by atoms with Gasteiger partial charge >= 0.3 is 0 Å². The van der Waals surface area contributed by atoms with Crippen LogP contribution in [-0.2, 0) is 10.0 Å². The lowest BCUT2D eigenvalue weighted by Gasteiger charge is -2.23. The standard InChI is InChI=1S/C20H17ClN2O3S/c1-14-4-6-15(7-5-14)18-13-19(20-3-2-12-26-20)23(22-18)27(24,25)17-10-8-16(21)9-11-17/h2-13,19,22H,1H3. The van der Waals surface area contributed by atoms with E-state index >= 15 is 0 Å². The quantitative estimate of drug-likeness (QED) is 0.698. The summed E-state index contributed by atoms with van der Waals surface area (Å²) in [6, 6.07) is 16.8. The molecule has 0 saturated heterocycles. The van der Waals surface area contributed by atoms with Crippen molar-refractivity contribution in [3.05, 3.63) is 94.9 Å². The normalized spacial score (nSPS) is 17.6. The first-order valence-electron chi connectivity index (χ1n) is 8.34. The molecule has 1 atom stereocenters. The summed E-state index contributed by atoms with van der Waals surface area (Å²) in [5.74, 6) is 0.530. The Hall–Kier alpha value is -2.54. The van der Waals surface area contributed by atoms with E-state index in [2.05, 4.69) is 5.43 Å². The molecule has 1 N–H and O–H groups in total. The van der Waals surface area contributed by atoms with Gasteiger partial charge in [0.1, 0.15) is 11.8 Å². The van der Waals surface area contributed by atoms with Gasteiger partial charge in [-0.3, -0.25) is 0 Å². The van der Waals surface area contributed by atoms with Crippen LogP contribution in [0.25, 0.3) is 5.70 Å². The van der Waals surface area contributed by atoms with E-state index < -0.39 is 16.1 Å². The van der Waals surface area contributed by atoms with Crippen LogP contribution in [-0.4, -0.2) is 12.8 Å². The topological polar surface area (TPSA) is 62.6 Å². The largest absolute Gasteiger partial charge is 0.467 e. The highest BCUT2D eigenvalue weighted by Gasteiger charge is 2.38. The minimum atomic E-state index is -3.83. The maximum absolute atomic E-state index is 13.2. The number of hydrogen-bond donors (Lipinski definition) is 1. The molecule has 138 valence electrons. The van der Waals surface area contributed by atoms with Crippen molar-refractivity contribution in [1.29, 1.82) is 0 Å². The number of nitrogens with one attached hydrogen (secondary N) is 1. The van der Waals surface area contributed by atoms with E-state index in [1.807, 2.05) is 37.3 Å². The van der Waals surface area contributed by atoms with Crippen molar-refractivity contribution in [2.24, 2.45) is 0 Å². The first-order chi connectivity index (χ1) is 12.9. The third kappa shape index (κ3) is 3.39. The van der Waals surface area contributed by atoms with Crippen LogP contribution in [0, 0.1) is 6.92 Å². The van der Waals surface area contributed by atoms with Crippen LogP contribution in [0.5, 0.6) is 0 Å². The van der Waals surface area contributed by atoms with Crippen LogP contribution >= 0.6 is 11.6 Å². The van der Waals surface area contributed by atoms with Gasteiger partial charge in [0.05, 0.1) is 16.9 Å². The third-order valence-electron chi connectivity index (χ3n) is 4.38. The Morgan fingerprint density at radius 3 is 2.37 bits per heavy atom. The molecule has 0 spiro atoms. The molecule has 27 heavy (non-hydrogen) atoms. The van der Waals surface area contributed by atoms with E-state index in [1.54, 1.807) is 24.3 Å². The fourth-order valence-corrected chi connectivity index (χ4v) is 4.45. The van der Waals surface area contributed by atoms with Crippen molar-refractivity contribution in [3.8, 4) is 0 Å². The summed E-state index contributed by atoms with van der Waals surface area (Å²) in [5.41, 5.74) is 5.76. The van der Waals surface area contributed by atoms with Crippen molar-refractivity contribution >= 4 is 27.3 Å². The molecule has 1 aliphatic rings. The zero-order chi connectivity index (χ0) is 19.0. The number of hydrazine groups is 1. The van der Waals surface area contributed by atoms with Crippen LogP contribution in [0.15, 0.2) is 82.3 Å². The highest BCUT2D eigenvalue weighted by molar-refractivity contribution is 7.89. The van der Waals surface area contributed by atoms with Crippen molar-refractivity contribution in [2.75, 3.05) is 0 Å². The highest BCUT2D eigenvalue weighted by atomic mass is 35.5. The highest BCUT2D eigenvalue weighted by Crippen LogP contribution is 2.35. The summed E-state index contributed by atoms with van der Waals surface area (Å²) in [6.45, 7) is 2.00. The van der Waals surface area contributed by atoms with Crippen LogP contribution in [0.1, 0.15) is 22.9 Å². The summed E-state index contributed by atoms with van der Waals surface area (Å²) in [5, 5.41) is 0.476. The van der Waals surface area contributed by atoms with Gasteiger partial charge in [-0.2, -0.15) is 0 Å². The summed E-state index contributed by atoms with van der Waals surface area (Å²) < 4.78 is 33.2. The Balaban J connectivity index is 1.75. The molecule has 0 radical (unpaired) electrons. The Morgan fingerprint density at radius 2 is 1.74 bits per heavy atom. The van der Waals surface area contributed by atoms with Crippen molar-refractivity contribution in [1.82, 2.24) is 9.84 Å². The fraction of sp³-hybridized carbons (Fsp3) is 0.100. The van der Waals surface area contributed by atoms with Gasteiger partial charge in [-0.25, -0.2) is 8.42 Å². The Kier molecular flexibility index (Phi) is 4.55. The molecule has 3 aromatic rings. The van der Waals surface area contributed by atoms with Crippen LogP contribution in [0.4, 0.5) is 0 Å². The molecule has 1 aromatic heterocycles. The zero-order valence-electron chi connectivity index (χ0n) is 14.5. The molecular weight excluding hydrogens is 384 g/mol. The zero-order valence-corrected chi connectivity index (χ0v) is 16.0. The second-order valence-electron chi connectivity index (χ2n) is 6.27. The molecule has 0 fully saturated rings. The molecule has 7 heteroatoms. The molecular formula is C20H17ClN2O3S. The maximum Gasteiger partial charge on any atom is 0.260 e. The van der Waals surface area contributed by atoms with E-state index in [4.69, 9.17) is 16.0 Å². The lowest BCUT2D eigenvalue weighted by atomic mass is 10.1. The van der Waals surface area contributed by atoms with Crippen molar-refractivity contribution < 1.29 is 12.8 Å². The molecule has 0 aliphatic carbocycles. The Labute approximate surface area is 162 Å². The monoisotopic (exact) mass is 400 g/mol. The van der Waals surface area contributed by atoms with Crippen LogP contribution in [0.3, 0.4) is 0 Å². The lowest BCUT2D eigenvalue weighted by Crippen LogP contribution is -2.39. The summed E-state index contributed by atoms with van der Waals surface area (Å²) in [7, 11) is -3.83. The molecule has 2 heterocycles. The van der Waals surface area contributed by atoms with Crippen molar-refractivity contribution in [3.63, 3.8) is 0 Å². The average Bonchev–Trinajstić information content (AvgIpc) is 3.32. The van der Waals surface area contributed by atoms with E-state index in [9.17, 15) is 8.42 Å². The van der Waals surface area contributed by atoms with E-state index in [0.29, 0.717) is 16.5 Å². The SMILES string of the molecule is Cc1ccc(C2=CC(c3ccco3)N(S(=O)(=O)c3ccc(Cl)cc3)N2)cc1. The molecule has 0 bridgehead atoms. The molecule has 1 unspecified atom stereocenters. The summed E-state index contributed by atoms with van der Waals surface area (Å²) in [4.78, 5) is 0.148. The maximum atomic E-state index is 13.2. The predicted molar refractivity (Wildman–Crippen MR) is 104 cm³/mol. The van der Waals surface area contributed by atoms with Gasteiger partial charge in [-0.1, -0.05) is 45.8 Å². The number of halogens is 1. The van der Waals surface area contributed by atoms with Gasteiger partial charge in [0.2, 0.25) is 0 Å². The van der Waals surface area contributed by atoms with E-state index in [0.717, 1.165) is 11.1 Å². The first-order valence-corrected chi connectivity index (χ1v) is 10.2. The second-order valence-corrected chi connectivity index (χ2v) is 8.52. The Bertz CT molecular complexity index is 1070. The van der Waals surface area contributed by atoms with Gasteiger partial charge in [-0.05, 0) is 55.0 Å². The molecule has 0 saturated carbocycles. The molecule has 0 amide bonds. The average molecular weight is 401 g/mol. The van der Waals surface area contributed by atoms with Gasteiger partial charge in [0.15, 0.2) is 0 Å². The van der Waals surface area contributed by atoms with Gasteiger partial charge in [-0.15, -0.1) is 0 Å². The van der Waals surface area contributed by atoms with Gasteiger partial charge in [0.25, 0.3) is 10.0 Å². The minimum absolute atomic E-state index is 0.148. The summed E-state index contributed by atoms with van der Waals surface area (Å²) >= 11 is 5.90. The van der Waals surface area contributed by atoms with E-state index in [1.165, 1.54) is 22.8 Å². The minimum Gasteiger partial charge on any atom is -0.467 e. The smallest absolute Gasteiger partial charge is 0.260 e. The molecule has 1 aliphatic heterocycles. The third-order valence-corrected chi connectivity index (χ3v) is 6.33. The molecule has 2 aromatic carbocycles. The number of furan rings is 1. The first kappa shape index (κ1) is 17.9. The van der Waals surface area contributed by atoms with Crippen LogP contribution < -0.4 is 5.43 Å². The number of aryl methyl sites for hydroxylation is 1. The number of sulfonamides is 1. The Morgan fingerprint density at radius 1 is 1.04 bits per heavy atom. The van der Waals surface area contributed by atoms with Gasteiger partial charge in [0, 0.05) is 5.02 Å². The number of rotatable bonds is 4. The lowest BCUT2D eigenvalue weighted by molar-refractivity contribution is 0.310. The van der Waals surface area contributed by atoms with Gasteiger partial charge < -0.3 is 9.84 Å². The number of hydrogen-bond acceptors (Lipinski definition) is 4. The van der Waals surface area contributed by atoms with Crippen LogP contribution in [0.2, 0.25) is 5.02 Å². The molecule has 4 rings (SSSR count). The van der Waals surface area contributed by atoms with E-state index in [-0.39, 0.29) is 4.90 Å². The van der Waals surface area contributed by atoms with Crippen molar-refractivity contribution in [2.45, 2.75) is 17.9 Å².